The van der Waals surface area contributed by atoms with E-state index in [0.29, 0.717) is 22.2 Å². The summed E-state index contributed by atoms with van der Waals surface area (Å²) in [4.78, 5) is 7.75. The second kappa shape index (κ2) is 6.38. The highest BCUT2D eigenvalue weighted by molar-refractivity contribution is 6.32. The molecule has 0 spiro atoms. The minimum absolute atomic E-state index is 0.447. The number of aryl methyl sites for hydroxylation is 2. The van der Waals surface area contributed by atoms with Gasteiger partial charge in [-0.1, -0.05) is 17.7 Å². The molecule has 0 aliphatic carbocycles. The van der Waals surface area contributed by atoms with Gasteiger partial charge in [0, 0.05) is 0 Å². The number of rotatable bonds is 3. The molecule has 0 bridgehead atoms. The number of nitrogens with zero attached hydrogens (tertiary/aromatic N) is 2. The fourth-order valence-corrected chi connectivity index (χ4v) is 2.76. The predicted molar refractivity (Wildman–Crippen MR) is 97.1 cm³/mol. The smallest absolute Gasteiger partial charge is 0.149 e. The highest BCUT2D eigenvalue weighted by Crippen LogP contribution is 2.27. The summed E-state index contributed by atoms with van der Waals surface area (Å²) < 4.78 is 5.14. The third-order valence-corrected chi connectivity index (χ3v) is 4.26. The number of fused-ring (bicyclic) bond motifs is 1. The Kier molecular flexibility index (Phi) is 4.28. The Bertz CT molecular complexity index is 957. The maximum Gasteiger partial charge on any atom is 0.149 e. The molecule has 0 aliphatic heterocycles. The van der Waals surface area contributed by atoms with Crippen LogP contribution in [0.3, 0.4) is 0 Å². The van der Waals surface area contributed by atoms with Gasteiger partial charge in [0.2, 0.25) is 0 Å². The predicted octanol–water partition coefficient (Wildman–Crippen LogP) is 4.91. The lowest BCUT2D eigenvalue weighted by Gasteiger charge is -2.03. The summed E-state index contributed by atoms with van der Waals surface area (Å²) in [6.07, 6.45) is 1.75. The Morgan fingerprint density at radius 2 is 2.00 bits per heavy atom. The standard InChI is InChI=1S/C19H16ClN3O/c1-11-6-16-17(7-12(11)2)23-19(22-16)14(10-21)8-13-4-5-18(24-3)15(20)9-13/h4-9H,1-3H3,(H,22,23)/b14-8+. The average Bonchev–Trinajstić information content (AvgIpc) is 2.95. The van der Waals surface area contributed by atoms with Crippen LogP contribution in [0, 0.1) is 25.2 Å². The molecule has 0 saturated heterocycles. The molecule has 4 nitrogen and oxygen atoms in total. The molecular formula is C19H16ClN3O. The van der Waals surface area contributed by atoms with Gasteiger partial charge in [-0.2, -0.15) is 5.26 Å². The molecule has 3 rings (SSSR count). The van der Waals surface area contributed by atoms with Crippen LogP contribution in [0.4, 0.5) is 0 Å². The number of aromatic amines is 1. The van der Waals surface area contributed by atoms with Gasteiger partial charge in [-0.15, -0.1) is 0 Å². The van der Waals surface area contributed by atoms with E-state index in [2.05, 4.69) is 23.0 Å². The minimum Gasteiger partial charge on any atom is -0.495 e. The van der Waals surface area contributed by atoms with E-state index in [9.17, 15) is 5.26 Å². The van der Waals surface area contributed by atoms with Gasteiger partial charge in [0.1, 0.15) is 17.6 Å². The molecule has 0 radical (unpaired) electrons. The number of nitrogens with one attached hydrogen (secondary N) is 1. The molecule has 24 heavy (non-hydrogen) atoms. The number of methoxy groups -OCH3 is 1. The van der Waals surface area contributed by atoms with Crippen LogP contribution in [-0.4, -0.2) is 17.1 Å². The number of halogens is 1. The first-order valence-corrected chi connectivity index (χ1v) is 7.82. The number of hydrogen-bond donors (Lipinski definition) is 1. The lowest BCUT2D eigenvalue weighted by molar-refractivity contribution is 0.415. The minimum atomic E-state index is 0.447. The summed E-state index contributed by atoms with van der Waals surface area (Å²) in [7, 11) is 1.57. The number of benzene rings is 2. The molecule has 0 atom stereocenters. The molecular weight excluding hydrogens is 322 g/mol. The van der Waals surface area contributed by atoms with E-state index in [4.69, 9.17) is 16.3 Å². The number of hydrogen-bond acceptors (Lipinski definition) is 3. The van der Waals surface area contributed by atoms with Crippen molar-refractivity contribution < 1.29 is 4.74 Å². The summed E-state index contributed by atoms with van der Waals surface area (Å²) in [5.41, 5.74) is 5.38. The first-order chi connectivity index (χ1) is 11.5. The molecule has 1 N–H and O–H groups in total. The third-order valence-electron chi connectivity index (χ3n) is 3.96. The number of allylic oxidation sites excluding steroid dienone is 1. The number of H-pyrrole nitrogens is 1. The Balaban J connectivity index is 2.05. The van der Waals surface area contributed by atoms with Gasteiger partial charge in [0.25, 0.3) is 0 Å². The Labute approximate surface area is 145 Å². The van der Waals surface area contributed by atoms with Crippen LogP contribution in [0.5, 0.6) is 5.75 Å². The van der Waals surface area contributed by atoms with Crippen LogP contribution >= 0.6 is 11.6 Å². The second-order valence-electron chi connectivity index (χ2n) is 5.60. The van der Waals surface area contributed by atoms with Crippen molar-refractivity contribution in [2.45, 2.75) is 13.8 Å². The monoisotopic (exact) mass is 337 g/mol. The molecule has 1 heterocycles. The molecule has 5 heteroatoms. The third kappa shape index (κ3) is 2.99. The summed E-state index contributed by atoms with van der Waals surface area (Å²) >= 11 is 6.14. The van der Waals surface area contributed by atoms with Crippen molar-refractivity contribution >= 4 is 34.3 Å². The number of aromatic nitrogens is 2. The maximum absolute atomic E-state index is 9.51. The van der Waals surface area contributed by atoms with E-state index < -0.39 is 0 Å². The van der Waals surface area contributed by atoms with Crippen molar-refractivity contribution in [1.82, 2.24) is 9.97 Å². The summed E-state index contributed by atoms with van der Waals surface area (Å²) in [6.45, 7) is 4.10. The van der Waals surface area contributed by atoms with E-state index >= 15 is 0 Å². The van der Waals surface area contributed by atoms with E-state index in [-0.39, 0.29) is 0 Å². The van der Waals surface area contributed by atoms with Crippen LogP contribution in [0.15, 0.2) is 30.3 Å². The van der Waals surface area contributed by atoms with Gasteiger partial charge < -0.3 is 9.72 Å². The van der Waals surface area contributed by atoms with Crippen molar-refractivity contribution in [2.24, 2.45) is 0 Å². The van der Waals surface area contributed by atoms with Crippen molar-refractivity contribution in [3.63, 3.8) is 0 Å². The summed E-state index contributed by atoms with van der Waals surface area (Å²) in [5.74, 6) is 1.14. The Hall–Kier alpha value is -2.77. The van der Waals surface area contributed by atoms with Crippen LogP contribution in [0.25, 0.3) is 22.7 Å². The van der Waals surface area contributed by atoms with Gasteiger partial charge in [-0.25, -0.2) is 4.98 Å². The van der Waals surface area contributed by atoms with Crippen LogP contribution in [0.1, 0.15) is 22.5 Å². The molecule has 0 unspecified atom stereocenters. The fraction of sp³-hybridized carbons (Fsp3) is 0.158. The normalized spacial score (nSPS) is 11.5. The maximum atomic E-state index is 9.51. The topological polar surface area (TPSA) is 61.7 Å². The zero-order valence-corrected chi connectivity index (χ0v) is 14.4. The largest absolute Gasteiger partial charge is 0.495 e. The first-order valence-electron chi connectivity index (χ1n) is 7.44. The lowest BCUT2D eigenvalue weighted by Crippen LogP contribution is -1.87. The molecule has 3 aromatic rings. The van der Waals surface area contributed by atoms with Crippen molar-refractivity contribution in [1.29, 1.82) is 5.26 Å². The Morgan fingerprint density at radius 3 is 2.67 bits per heavy atom. The number of ether oxygens (including phenoxy) is 1. The number of imidazole rings is 1. The summed E-state index contributed by atoms with van der Waals surface area (Å²) in [5, 5.41) is 10.0. The van der Waals surface area contributed by atoms with Gasteiger partial charge in [-0.3, -0.25) is 0 Å². The summed E-state index contributed by atoms with van der Waals surface area (Å²) in [6, 6.07) is 11.6. The van der Waals surface area contributed by atoms with Crippen molar-refractivity contribution in [3.05, 3.63) is 57.9 Å². The highest BCUT2D eigenvalue weighted by Gasteiger charge is 2.10. The quantitative estimate of drug-likeness (QED) is 0.691. The Morgan fingerprint density at radius 1 is 1.25 bits per heavy atom. The average molecular weight is 338 g/mol. The first kappa shape index (κ1) is 16.1. The van der Waals surface area contributed by atoms with Gasteiger partial charge in [0.05, 0.1) is 28.7 Å². The molecule has 0 saturated carbocycles. The number of nitriles is 1. The van der Waals surface area contributed by atoms with E-state index in [0.717, 1.165) is 16.6 Å². The van der Waals surface area contributed by atoms with Crippen molar-refractivity contribution in [3.8, 4) is 11.8 Å². The lowest BCUT2D eigenvalue weighted by atomic mass is 10.1. The molecule has 120 valence electrons. The second-order valence-corrected chi connectivity index (χ2v) is 6.01. The highest BCUT2D eigenvalue weighted by atomic mass is 35.5. The van der Waals surface area contributed by atoms with Gasteiger partial charge >= 0.3 is 0 Å². The zero-order valence-electron chi connectivity index (χ0n) is 13.6. The molecule has 2 aromatic carbocycles. The van der Waals surface area contributed by atoms with Gasteiger partial charge in [-0.05, 0) is 60.9 Å². The van der Waals surface area contributed by atoms with E-state index in [1.165, 1.54) is 11.1 Å². The van der Waals surface area contributed by atoms with E-state index in [1.807, 2.05) is 25.1 Å². The van der Waals surface area contributed by atoms with Crippen molar-refractivity contribution in [2.75, 3.05) is 7.11 Å². The van der Waals surface area contributed by atoms with E-state index in [1.54, 1.807) is 25.3 Å². The molecule has 1 aromatic heterocycles. The zero-order chi connectivity index (χ0) is 17.3. The van der Waals surface area contributed by atoms with Crippen LogP contribution in [-0.2, 0) is 0 Å². The molecule has 0 fully saturated rings. The van der Waals surface area contributed by atoms with Gasteiger partial charge in [0.15, 0.2) is 0 Å². The van der Waals surface area contributed by atoms with Crippen LogP contribution in [0.2, 0.25) is 5.02 Å². The van der Waals surface area contributed by atoms with Crippen LogP contribution < -0.4 is 4.74 Å². The fourth-order valence-electron chi connectivity index (χ4n) is 2.49. The molecule has 0 amide bonds. The SMILES string of the molecule is COc1ccc(/C=C(\C#N)c2nc3cc(C)c(C)cc3[nH]2)cc1Cl. The molecule has 0 aliphatic rings.